The molecule has 63 heavy (non-hydrogen) atoms. The van der Waals surface area contributed by atoms with Gasteiger partial charge in [0.15, 0.2) is 0 Å². The number of aromatic nitrogens is 2. The zero-order chi connectivity index (χ0) is 42.0. The molecule has 0 spiro atoms. The van der Waals surface area contributed by atoms with E-state index in [1.54, 1.807) is 0 Å². The maximum atomic E-state index is 2.50. The standard InChI is InChI=1S/C58H43BN4/c1-58(2,3)38-27-36-54-48(37-38)59-47-19-8-13-24-53(47)62(41-32-28-39(29-33-41)60-49-20-9-4-15-43(49)44-16-5-10-21-50(44)60)55-25-14-26-56(57(55)59)63(54)42-34-30-40(31-35-42)61-51-22-11-6-17-45(51)46-18-7-12-23-52(46)61/h4-37H,1-3H3. The van der Waals surface area contributed by atoms with Crippen LogP contribution in [-0.2, 0) is 5.41 Å². The molecule has 298 valence electrons. The van der Waals surface area contributed by atoms with Crippen LogP contribution in [0.3, 0.4) is 0 Å². The van der Waals surface area contributed by atoms with Gasteiger partial charge in [0.1, 0.15) is 0 Å². The van der Waals surface area contributed by atoms with E-state index in [4.69, 9.17) is 0 Å². The van der Waals surface area contributed by atoms with E-state index in [1.807, 2.05) is 0 Å². The van der Waals surface area contributed by atoms with Crippen molar-refractivity contribution in [1.29, 1.82) is 0 Å². The molecule has 4 nitrogen and oxygen atoms in total. The van der Waals surface area contributed by atoms with Crippen LogP contribution in [0.25, 0.3) is 55.0 Å². The van der Waals surface area contributed by atoms with E-state index in [9.17, 15) is 0 Å². The Morgan fingerprint density at radius 2 is 0.714 bits per heavy atom. The Labute approximate surface area is 367 Å². The third kappa shape index (κ3) is 5.23. The van der Waals surface area contributed by atoms with Gasteiger partial charge in [-0.25, -0.2) is 0 Å². The van der Waals surface area contributed by atoms with Gasteiger partial charge < -0.3 is 18.9 Å². The van der Waals surface area contributed by atoms with E-state index in [0.29, 0.717) is 0 Å². The molecule has 0 aliphatic carbocycles. The molecule has 2 aliphatic rings. The maximum absolute atomic E-state index is 2.50. The lowest BCUT2D eigenvalue weighted by atomic mass is 9.33. The lowest BCUT2D eigenvalue weighted by molar-refractivity contribution is 0.591. The van der Waals surface area contributed by atoms with E-state index in [-0.39, 0.29) is 12.1 Å². The number of fused-ring (bicyclic) bond motifs is 10. The molecule has 0 saturated heterocycles. The molecule has 0 bridgehead atoms. The average molecular weight is 807 g/mol. The van der Waals surface area contributed by atoms with Crippen molar-refractivity contribution in [3.05, 3.63) is 212 Å². The van der Waals surface area contributed by atoms with Gasteiger partial charge in [-0.3, -0.25) is 0 Å². The van der Waals surface area contributed by atoms with Gasteiger partial charge in [0.2, 0.25) is 0 Å². The third-order valence-electron chi connectivity index (χ3n) is 13.7. The Hall–Kier alpha value is -7.76. The zero-order valence-electron chi connectivity index (χ0n) is 35.5. The summed E-state index contributed by atoms with van der Waals surface area (Å²) in [6.07, 6.45) is 0. The second-order valence-electron chi connectivity index (χ2n) is 18.2. The molecule has 2 aliphatic heterocycles. The highest BCUT2D eigenvalue weighted by molar-refractivity contribution is 7.00. The van der Waals surface area contributed by atoms with Crippen LogP contribution in [0.2, 0.25) is 0 Å². The summed E-state index contributed by atoms with van der Waals surface area (Å²) in [6.45, 7) is 7.02. The van der Waals surface area contributed by atoms with Crippen molar-refractivity contribution in [2.24, 2.45) is 0 Å². The predicted molar refractivity (Wildman–Crippen MR) is 268 cm³/mol. The Bertz CT molecular complexity index is 3510. The Morgan fingerprint density at radius 1 is 0.333 bits per heavy atom. The molecule has 0 amide bonds. The van der Waals surface area contributed by atoms with Crippen LogP contribution in [-0.4, -0.2) is 15.8 Å². The maximum Gasteiger partial charge on any atom is 0.252 e. The number of nitrogens with zero attached hydrogens (tertiary/aromatic N) is 4. The highest BCUT2D eigenvalue weighted by Crippen LogP contribution is 2.45. The molecular formula is C58H43BN4. The molecule has 0 fully saturated rings. The Morgan fingerprint density at radius 3 is 1.17 bits per heavy atom. The molecule has 0 radical (unpaired) electrons. The van der Waals surface area contributed by atoms with Crippen molar-refractivity contribution in [1.82, 2.24) is 9.13 Å². The average Bonchev–Trinajstić information content (AvgIpc) is 3.84. The molecule has 0 saturated carbocycles. The van der Waals surface area contributed by atoms with Crippen molar-refractivity contribution in [3.8, 4) is 11.4 Å². The van der Waals surface area contributed by atoms with Gasteiger partial charge in [0.05, 0.1) is 22.1 Å². The molecule has 0 atom stereocenters. The summed E-state index contributed by atoms with van der Waals surface area (Å²) in [5.74, 6) is 0. The smallest absolute Gasteiger partial charge is 0.252 e. The van der Waals surface area contributed by atoms with Crippen LogP contribution < -0.4 is 26.2 Å². The first-order valence-electron chi connectivity index (χ1n) is 22.1. The lowest BCUT2D eigenvalue weighted by Crippen LogP contribution is -2.61. The van der Waals surface area contributed by atoms with Crippen LogP contribution in [0.15, 0.2) is 206 Å². The fourth-order valence-electron chi connectivity index (χ4n) is 10.8. The minimum absolute atomic E-state index is 0.0120. The van der Waals surface area contributed by atoms with Crippen molar-refractivity contribution in [3.63, 3.8) is 0 Å². The number of benzene rings is 9. The Kier molecular flexibility index (Phi) is 7.63. The molecule has 0 N–H and O–H groups in total. The quantitative estimate of drug-likeness (QED) is 0.165. The third-order valence-corrected chi connectivity index (χ3v) is 13.7. The summed E-state index contributed by atoms with van der Waals surface area (Å²) < 4.78 is 4.79. The van der Waals surface area contributed by atoms with Crippen molar-refractivity contribution < 1.29 is 0 Å². The molecule has 13 rings (SSSR count). The van der Waals surface area contributed by atoms with Gasteiger partial charge in [-0.1, -0.05) is 130 Å². The van der Waals surface area contributed by atoms with E-state index in [1.165, 1.54) is 88.3 Å². The number of anilines is 6. The molecule has 9 aromatic carbocycles. The fraction of sp³-hybridized carbons (Fsp3) is 0.0690. The summed E-state index contributed by atoms with van der Waals surface area (Å²) >= 11 is 0. The number of hydrogen-bond donors (Lipinski definition) is 0. The topological polar surface area (TPSA) is 16.3 Å². The van der Waals surface area contributed by atoms with Crippen LogP contribution in [0.1, 0.15) is 26.3 Å². The first-order valence-corrected chi connectivity index (χ1v) is 22.1. The highest BCUT2D eigenvalue weighted by atomic mass is 15.2. The number of rotatable bonds is 4. The second kappa shape index (κ2) is 13.4. The predicted octanol–water partition coefficient (Wildman–Crippen LogP) is 13.3. The summed E-state index contributed by atoms with van der Waals surface area (Å²) in [4.78, 5) is 4.99. The molecular weight excluding hydrogens is 763 g/mol. The van der Waals surface area contributed by atoms with Gasteiger partial charge in [-0.2, -0.15) is 0 Å². The van der Waals surface area contributed by atoms with Gasteiger partial charge in [-0.15, -0.1) is 0 Å². The highest BCUT2D eigenvalue weighted by Gasteiger charge is 2.43. The summed E-state index contributed by atoms with van der Waals surface area (Å²) in [6, 6.07) is 76.5. The largest absolute Gasteiger partial charge is 0.311 e. The molecule has 11 aromatic rings. The lowest BCUT2D eigenvalue weighted by Gasteiger charge is -2.44. The van der Waals surface area contributed by atoms with Crippen LogP contribution in [0.4, 0.5) is 34.1 Å². The van der Waals surface area contributed by atoms with Gasteiger partial charge in [0, 0.05) is 67.0 Å². The van der Waals surface area contributed by atoms with Crippen LogP contribution >= 0.6 is 0 Å². The fourth-order valence-corrected chi connectivity index (χ4v) is 10.8. The summed E-state index contributed by atoms with van der Waals surface area (Å²) in [5.41, 5.74) is 19.6. The van der Waals surface area contributed by atoms with E-state index < -0.39 is 0 Å². The SMILES string of the molecule is CC(C)(C)c1ccc2c(c1)B1c3ccccc3N(c3ccc(-n4c5ccccc5c5ccccc54)cc3)c3cccc(c31)N2c1ccc(-n2c3ccccc3c3ccccc32)cc1. The molecule has 0 unspecified atom stereocenters. The molecule has 5 heteroatoms. The monoisotopic (exact) mass is 806 g/mol. The normalized spacial score (nSPS) is 13.2. The van der Waals surface area contributed by atoms with Gasteiger partial charge in [0.25, 0.3) is 6.71 Å². The number of hydrogen-bond acceptors (Lipinski definition) is 2. The van der Waals surface area contributed by atoms with E-state index >= 15 is 0 Å². The second-order valence-corrected chi connectivity index (χ2v) is 18.2. The Balaban J connectivity index is 0.986. The van der Waals surface area contributed by atoms with Crippen molar-refractivity contribution >= 4 is 101 Å². The minimum atomic E-state index is -0.0120. The summed E-state index contributed by atoms with van der Waals surface area (Å²) in [7, 11) is 0. The first-order chi connectivity index (χ1) is 30.9. The van der Waals surface area contributed by atoms with E-state index in [2.05, 4.69) is 246 Å². The first kappa shape index (κ1) is 35.9. The summed E-state index contributed by atoms with van der Waals surface area (Å²) in [5, 5.41) is 5.07. The minimum Gasteiger partial charge on any atom is -0.311 e. The van der Waals surface area contributed by atoms with Crippen molar-refractivity contribution in [2.45, 2.75) is 26.2 Å². The van der Waals surface area contributed by atoms with Gasteiger partial charge >= 0.3 is 0 Å². The number of para-hydroxylation sites is 5. The van der Waals surface area contributed by atoms with Crippen molar-refractivity contribution in [2.75, 3.05) is 9.80 Å². The van der Waals surface area contributed by atoms with Crippen LogP contribution in [0.5, 0.6) is 0 Å². The molecule has 4 heterocycles. The van der Waals surface area contributed by atoms with Gasteiger partial charge in [-0.05, 0) is 124 Å². The van der Waals surface area contributed by atoms with E-state index in [0.717, 1.165) is 22.7 Å². The molecule has 2 aromatic heterocycles. The van der Waals surface area contributed by atoms with Crippen LogP contribution in [0, 0.1) is 0 Å². The zero-order valence-corrected chi connectivity index (χ0v) is 35.5.